The predicted octanol–water partition coefficient (Wildman–Crippen LogP) is 5.70. The molecule has 0 atom stereocenters. The summed E-state index contributed by atoms with van der Waals surface area (Å²) in [5, 5.41) is 15.3. The highest BCUT2D eigenvalue weighted by Crippen LogP contribution is 2.26. The molecule has 3 aromatic carbocycles. The zero-order valence-corrected chi connectivity index (χ0v) is 18.5. The van der Waals surface area contributed by atoms with Gasteiger partial charge >= 0.3 is 0 Å². The highest BCUT2D eigenvalue weighted by Gasteiger charge is 2.11. The highest BCUT2D eigenvalue weighted by molar-refractivity contribution is 6.32. The Kier molecular flexibility index (Phi) is 8.03. The largest absolute Gasteiger partial charge is 0.482 e. The van der Waals surface area contributed by atoms with Gasteiger partial charge in [0.05, 0.1) is 5.02 Å². The van der Waals surface area contributed by atoms with Gasteiger partial charge in [0.25, 0.3) is 11.8 Å². The number of nitrogens with one attached hydrogen (secondary N) is 2. The average molecular weight is 484 g/mol. The van der Waals surface area contributed by atoms with Gasteiger partial charge in [-0.15, -0.1) is 0 Å². The molecule has 0 aliphatic heterocycles. The van der Waals surface area contributed by atoms with Crippen LogP contribution in [0.2, 0.25) is 10.0 Å². The van der Waals surface area contributed by atoms with E-state index in [0.717, 1.165) is 0 Å². The Labute approximate surface area is 199 Å². The molecule has 2 N–H and O–H groups in total. The fraction of sp³-hybridized carbons (Fsp3) is 0.0417. The van der Waals surface area contributed by atoms with E-state index >= 15 is 0 Å². The van der Waals surface area contributed by atoms with Gasteiger partial charge < -0.3 is 15.4 Å². The second-order valence-corrected chi connectivity index (χ2v) is 7.51. The number of rotatable bonds is 7. The van der Waals surface area contributed by atoms with Crippen LogP contribution < -0.4 is 15.4 Å². The second kappa shape index (κ2) is 11.1. The third kappa shape index (κ3) is 7.07. The van der Waals surface area contributed by atoms with Crippen molar-refractivity contribution in [2.75, 3.05) is 17.2 Å². The number of halogens is 3. The van der Waals surface area contributed by atoms with E-state index in [4.69, 9.17) is 27.9 Å². The summed E-state index contributed by atoms with van der Waals surface area (Å²) >= 11 is 12.0. The van der Waals surface area contributed by atoms with Gasteiger partial charge in [0.2, 0.25) is 0 Å². The van der Waals surface area contributed by atoms with Gasteiger partial charge in [-0.25, -0.2) is 4.39 Å². The van der Waals surface area contributed by atoms with Crippen molar-refractivity contribution >= 4 is 52.5 Å². The van der Waals surface area contributed by atoms with Gasteiger partial charge in [-0.3, -0.25) is 9.59 Å². The summed E-state index contributed by atoms with van der Waals surface area (Å²) in [5.41, 5.74) is 1.22. The monoisotopic (exact) mass is 483 g/mol. The second-order valence-electron chi connectivity index (χ2n) is 6.66. The molecule has 0 bridgehead atoms. The minimum Gasteiger partial charge on any atom is -0.482 e. The molecule has 0 aliphatic rings. The van der Waals surface area contributed by atoms with Gasteiger partial charge in [0, 0.05) is 16.4 Å². The van der Waals surface area contributed by atoms with Crippen LogP contribution in [0, 0.1) is 17.1 Å². The molecular formula is C24H16Cl2FN3O3. The van der Waals surface area contributed by atoms with Gasteiger partial charge in [-0.1, -0.05) is 29.3 Å². The number of carbonyl (C=O) groups excluding carboxylic acids is 2. The van der Waals surface area contributed by atoms with Crippen molar-refractivity contribution in [2.24, 2.45) is 0 Å². The molecule has 0 heterocycles. The molecule has 0 saturated heterocycles. The van der Waals surface area contributed by atoms with Crippen molar-refractivity contribution in [1.82, 2.24) is 0 Å². The lowest BCUT2D eigenvalue weighted by molar-refractivity contribution is -0.118. The smallest absolute Gasteiger partial charge is 0.266 e. The van der Waals surface area contributed by atoms with E-state index in [2.05, 4.69) is 10.6 Å². The summed E-state index contributed by atoms with van der Waals surface area (Å²) in [6.07, 6.45) is 1.35. The minimum atomic E-state index is -0.653. The maximum atomic E-state index is 13.0. The Balaban J connectivity index is 1.62. The summed E-state index contributed by atoms with van der Waals surface area (Å²) in [6, 6.07) is 18.2. The molecule has 0 saturated carbocycles. The Morgan fingerprint density at radius 1 is 0.970 bits per heavy atom. The van der Waals surface area contributed by atoms with Crippen LogP contribution in [0.3, 0.4) is 0 Å². The number of nitriles is 1. The number of hydrogen-bond acceptors (Lipinski definition) is 4. The molecule has 2 amide bonds. The van der Waals surface area contributed by atoms with Crippen molar-refractivity contribution < 1.29 is 18.7 Å². The molecule has 0 fully saturated rings. The fourth-order valence-corrected chi connectivity index (χ4v) is 3.01. The number of hydrogen-bond donors (Lipinski definition) is 2. The van der Waals surface area contributed by atoms with Crippen LogP contribution in [0.1, 0.15) is 5.56 Å². The third-order valence-corrected chi connectivity index (χ3v) is 4.77. The van der Waals surface area contributed by atoms with Crippen LogP contribution in [0.15, 0.2) is 72.3 Å². The van der Waals surface area contributed by atoms with E-state index in [1.807, 2.05) is 6.07 Å². The van der Waals surface area contributed by atoms with Crippen molar-refractivity contribution in [3.63, 3.8) is 0 Å². The Bertz CT molecular complexity index is 1240. The van der Waals surface area contributed by atoms with Crippen LogP contribution in [0.5, 0.6) is 5.75 Å². The van der Waals surface area contributed by atoms with Crippen molar-refractivity contribution in [3.8, 4) is 11.8 Å². The Hall–Kier alpha value is -3.86. The molecule has 6 nitrogen and oxygen atoms in total. The summed E-state index contributed by atoms with van der Waals surface area (Å²) in [7, 11) is 0. The maximum Gasteiger partial charge on any atom is 0.266 e. The molecule has 3 aromatic rings. The molecule has 0 radical (unpaired) electrons. The Morgan fingerprint density at radius 3 is 2.24 bits per heavy atom. The molecular weight excluding hydrogens is 468 g/mol. The van der Waals surface area contributed by atoms with Crippen LogP contribution in [-0.2, 0) is 9.59 Å². The molecule has 0 aromatic heterocycles. The number of benzene rings is 3. The topological polar surface area (TPSA) is 91.2 Å². The van der Waals surface area contributed by atoms with Gasteiger partial charge in [0.15, 0.2) is 6.61 Å². The zero-order valence-electron chi connectivity index (χ0n) is 16.9. The molecule has 0 aliphatic carbocycles. The van der Waals surface area contributed by atoms with Crippen molar-refractivity contribution in [3.05, 3.63) is 93.7 Å². The van der Waals surface area contributed by atoms with E-state index in [1.54, 1.807) is 30.3 Å². The van der Waals surface area contributed by atoms with E-state index < -0.39 is 11.7 Å². The number of carbonyl (C=O) groups is 2. The number of ether oxygens (including phenoxy) is 1. The average Bonchev–Trinajstić information content (AvgIpc) is 2.80. The first-order chi connectivity index (χ1) is 15.8. The number of amides is 2. The van der Waals surface area contributed by atoms with Gasteiger partial charge in [-0.05, 0) is 72.3 Å². The summed E-state index contributed by atoms with van der Waals surface area (Å²) < 4.78 is 18.4. The fourth-order valence-electron chi connectivity index (χ4n) is 2.64. The minimum absolute atomic E-state index is 0.175. The third-order valence-electron chi connectivity index (χ3n) is 4.22. The first-order valence-corrected chi connectivity index (χ1v) is 10.3. The summed E-state index contributed by atoms with van der Waals surface area (Å²) in [5.74, 6) is -1.22. The first-order valence-electron chi connectivity index (χ1n) is 9.50. The quantitative estimate of drug-likeness (QED) is 0.333. The van der Waals surface area contributed by atoms with Crippen molar-refractivity contribution in [1.29, 1.82) is 5.26 Å². The lowest BCUT2D eigenvalue weighted by atomic mass is 10.1. The molecule has 0 unspecified atom stereocenters. The van der Waals surface area contributed by atoms with E-state index in [9.17, 15) is 19.2 Å². The zero-order chi connectivity index (χ0) is 23.8. The number of anilines is 2. The van der Waals surface area contributed by atoms with Crippen LogP contribution in [0.25, 0.3) is 6.08 Å². The predicted molar refractivity (Wildman–Crippen MR) is 126 cm³/mol. The van der Waals surface area contributed by atoms with Gasteiger partial charge in [-0.2, -0.15) is 5.26 Å². The summed E-state index contributed by atoms with van der Waals surface area (Å²) in [6.45, 7) is -0.277. The van der Waals surface area contributed by atoms with Crippen LogP contribution in [0.4, 0.5) is 15.8 Å². The van der Waals surface area contributed by atoms with E-state index in [-0.39, 0.29) is 28.9 Å². The normalized spacial score (nSPS) is 10.8. The van der Waals surface area contributed by atoms with E-state index in [0.29, 0.717) is 22.0 Å². The molecule has 3 rings (SSSR count). The molecule has 166 valence electrons. The molecule has 0 spiro atoms. The lowest BCUT2D eigenvalue weighted by Gasteiger charge is -2.10. The SMILES string of the molecule is N#C/C(=C\c1ccc(OCC(=O)Nc2ccc(Cl)cc2)c(Cl)c1)C(=O)Nc1ccc(F)cc1. The number of nitrogens with zero attached hydrogens (tertiary/aromatic N) is 1. The lowest BCUT2D eigenvalue weighted by Crippen LogP contribution is -2.20. The van der Waals surface area contributed by atoms with Crippen LogP contribution in [-0.4, -0.2) is 18.4 Å². The van der Waals surface area contributed by atoms with E-state index in [1.165, 1.54) is 42.5 Å². The molecule has 33 heavy (non-hydrogen) atoms. The first kappa shape index (κ1) is 23.8. The van der Waals surface area contributed by atoms with Gasteiger partial charge in [0.1, 0.15) is 23.2 Å². The maximum absolute atomic E-state index is 13.0. The standard InChI is InChI=1S/C24H16Cl2FN3O3/c25-17-2-6-19(7-3-17)29-23(31)14-33-22-10-1-15(12-21(22)26)11-16(13-28)24(32)30-20-8-4-18(27)5-9-20/h1-12H,14H2,(H,29,31)(H,30,32)/b16-11+. The van der Waals surface area contributed by atoms with Crippen molar-refractivity contribution in [2.45, 2.75) is 0 Å². The summed E-state index contributed by atoms with van der Waals surface area (Å²) in [4.78, 5) is 24.4. The molecule has 9 heteroatoms. The Morgan fingerprint density at radius 2 is 1.61 bits per heavy atom. The van der Waals surface area contributed by atoms with Crippen LogP contribution >= 0.6 is 23.2 Å². The highest BCUT2D eigenvalue weighted by atomic mass is 35.5.